The molecule has 2 N–H and O–H groups in total. The monoisotopic (exact) mass is 201 g/mol. The van der Waals surface area contributed by atoms with Crippen molar-refractivity contribution in [1.82, 2.24) is 0 Å². The van der Waals surface area contributed by atoms with Crippen LogP contribution in [0.5, 0.6) is 0 Å². The molecule has 2 heteroatoms. The van der Waals surface area contributed by atoms with Gasteiger partial charge in [0.15, 0.2) is 6.20 Å². The first-order valence-corrected chi connectivity index (χ1v) is 5.41. The van der Waals surface area contributed by atoms with E-state index in [1.807, 2.05) is 0 Å². The number of pyridine rings is 1. The fraction of sp³-hybridized carbons (Fsp3) is 0.308. The molecule has 1 aromatic heterocycles. The van der Waals surface area contributed by atoms with Crippen LogP contribution in [0.2, 0.25) is 0 Å². The van der Waals surface area contributed by atoms with Crippen molar-refractivity contribution in [2.45, 2.75) is 19.9 Å². The number of rotatable bonds is 3. The van der Waals surface area contributed by atoms with E-state index in [0.717, 1.165) is 19.5 Å². The standard InChI is InChI=1S/C13H17N2/c1-11-7-10-15(9-4-8-14)13-6-3-2-5-12(11)13/h2-3,5-7,10H,4,8-9,14H2,1H3/q+1. The van der Waals surface area contributed by atoms with Gasteiger partial charge in [-0.25, -0.2) is 0 Å². The van der Waals surface area contributed by atoms with Gasteiger partial charge in [-0.05, 0) is 25.1 Å². The zero-order chi connectivity index (χ0) is 10.7. The summed E-state index contributed by atoms with van der Waals surface area (Å²) in [6.45, 7) is 3.89. The van der Waals surface area contributed by atoms with Crippen LogP contribution in [0.3, 0.4) is 0 Å². The molecule has 0 aliphatic carbocycles. The van der Waals surface area contributed by atoms with Gasteiger partial charge in [0.2, 0.25) is 5.52 Å². The average molecular weight is 201 g/mol. The van der Waals surface area contributed by atoms with Crippen LogP contribution in [0.4, 0.5) is 0 Å². The third-order valence-electron chi connectivity index (χ3n) is 2.75. The smallest absolute Gasteiger partial charge is 0.212 e. The Kier molecular flexibility index (Phi) is 2.97. The number of hydrogen-bond acceptors (Lipinski definition) is 1. The minimum absolute atomic E-state index is 0.745. The van der Waals surface area contributed by atoms with E-state index in [4.69, 9.17) is 5.73 Å². The topological polar surface area (TPSA) is 29.9 Å². The van der Waals surface area contributed by atoms with Crippen molar-refractivity contribution in [3.63, 3.8) is 0 Å². The fourth-order valence-corrected chi connectivity index (χ4v) is 1.89. The van der Waals surface area contributed by atoms with E-state index in [1.165, 1.54) is 16.5 Å². The van der Waals surface area contributed by atoms with Gasteiger partial charge in [-0.15, -0.1) is 0 Å². The second kappa shape index (κ2) is 4.41. The van der Waals surface area contributed by atoms with Crippen molar-refractivity contribution in [3.05, 3.63) is 42.1 Å². The molecule has 0 aliphatic rings. The summed E-state index contributed by atoms with van der Waals surface area (Å²) in [5.74, 6) is 0. The summed E-state index contributed by atoms with van der Waals surface area (Å²) < 4.78 is 2.27. The van der Waals surface area contributed by atoms with Crippen molar-refractivity contribution in [2.24, 2.45) is 5.73 Å². The molecule has 0 aliphatic heterocycles. The van der Waals surface area contributed by atoms with Gasteiger partial charge < -0.3 is 5.73 Å². The van der Waals surface area contributed by atoms with Crippen molar-refractivity contribution in [2.75, 3.05) is 6.54 Å². The van der Waals surface area contributed by atoms with Gasteiger partial charge in [-0.3, -0.25) is 0 Å². The first-order valence-electron chi connectivity index (χ1n) is 5.41. The molecule has 0 amide bonds. The quantitative estimate of drug-likeness (QED) is 0.754. The molecule has 0 unspecified atom stereocenters. The van der Waals surface area contributed by atoms with Gasteiger partial charge in [-0.2, -0.15) is 4.57 Å². The van der Waals surface area contributed by atoms with E-state index < -0.39 is 0 Å². The van der Waals surface area contributed by atoms with Gasteiger partial charge in [-0.1, -0.05) is 12.1 Å². The number of hydrogen-bond donors (Lipinski definition) is 1. The van der Waals surface area contributed by atoms with E-state index in [0.29, 0.717) is 0 Å². The second-order valence-electron chi connectivity index (χ2n) is 3.85. The van der Waals surface area contributed by atoms with E-state index in [9.17, 15) is 0 Å². The van der Waals surface area contributed by atoms with Gasteiger partial charge in [0.1, 0.15) is 6.54 Å². The SMILES string of the molecule is Cc1cc[n+](CCCN)c2ccccc12. The van der Waals surface area contributed by atoms with E-state index in [2.05, 4.69) is 48.0 Å². The number of fused-ring (bicyclic) bond motifs is 1. The van der Waals surface area contributed by atoms with Gasteiger partial charge in [0.05, 0.1) is 0 Å². The lowest BCUT2D eigenvalue weighted by Gasteiger charge is -2.02. The Morgan fingerprint density at radius 2 is 2.00 bits per heavy atom. The first-order chi connectivity index (χ1) is 7.33. The van der Waals surface area contributed by atoms with Crippen LogP contribution in [-0.2, 0) is 6.54 Å². The lowest BCUT2D eigenvalue weighted by atomic mass is 10.1. The van der Waals surface area contributed by atoms with Crippen molar-refractivity contribution in [1.29, 1.82) is 0 Å². The molecule has 15 heavy (non-hydrogen) atoms. The Morgan fingerprint density at radius 1 is 1.20 bits per heavy atom. The molecule has 0 bridgehead atoms. The molecule has 1 aromatic carbocycles. The second-order valence-corrected chi connectivity index (χ2v) is 3.85. The average Bonchev–Trinajstić information content (AvgIpc) is 2.29. The zero-order valence-electron chi connectivity index (χ0n) is 9.11. The van der Waals surface area contributed by atoms with Crippen LogP contribution in [0.15, 0.2) is 36.5 Å². The number of para-hydroxylation sites is 1. The Hall–Kier alpha value is -1.41. The van der Waals surface area contributed by atoms with Gasteiger partial charge >= 0.3 is 0 Å². The van der Waals surface area contributed by atoms with Crippen molar-refractivity contribution >= 4 is 10.9 Å². The summed E-state index contributed by atoms with van der Waals surface area (Å²) in [5, 5.41) is 1.33. The molecule has 2 rings (SSSR count). The molecule has 0 saturated heterocycles. The molecule has 2 nitrogen and oxygen atoms in total. The third kappa shape index (κ3) is 2.00. The summed E-state index contributed by atoms with van der Waals surface area (Å²) in [7, 11) is 0. The highest BCUT2D eigenvalue weighted by atomic mass is 14.9. The van der Waals surface area contributed by atoms with Crippen LogP contribution in [0.1, 0.15) is 12.0 Å². The maximum absolute atomic E-state index is 5.54. The van der Waals surface area contributed by atoms with Crippen LogP contribution < -0.4 is 10.3 Å². The van der Waals surface area contributed by atoms with Crippen molar-refractivity contribution < 1.29 is 4.57 Å². The lowest BCUT2D eigenvalue weighted by molar-refractivity contribution is -0.671. The maximum Gasteiger partial charge on any atom is 0.212 e. The molecule has 0 atom stereocenters. The lowest BCUT2D eigenvalue weighted by Crippen LogP contribution is -2.35. The highest BCUT2D eigenvalue weighted by Gasteiger charge is 2.08. The Labute approximate surface area is 90.3 Å². The van der Waals surface area contributed by atoms with E-state index in [1.54, 1.807) is 0 Å². The summed E-state index contributed by atoms with van der Waals surface area (Å²) in [6.07, 6.45) is 3.17. The third-order valence-corrected chi connectivity index (χ3v) is 2.75. The zero-order valence-corrected chi connectivity index (χ0v) is 9.11. The van der Waals surface area contributed by atoms with Crippen LogP contribution >= 0.6 is 0 Å². The summed E-state index contributed by atoms with van der Waals surface area (Å²) in [5.41, 5.74) is 8.16. The number of aryl methyl sites for hydroxylation is 2. The Balaban J connectivity index is 2.51. The number of aromatic nitrogens is 1. The van der Waals surface area contributed by atoms with Crippen molar-refractivity contribution in [3.8, 4) is 0 Å². The fourth-order valence-electron chi connectivity index (χ4n) is 1.89. The number of nitrogens with two attached hydrogens (primary N) is 1. The highest BCUT2D eigenvalue weighted by molar-refractivity contribution is 5.78. The predicted molar refractivity (Wildman–Crippen MR) is 62.6 cm³/mol. The van der Waals surface area contributed by atoms with Crippen LogP contribution in [-0.4, -0.2) is 6.54 Å². The largest absolute Gasteiger partial charge is 0.330 e. The minimum atomic E-state index is 0.745. The number of benzene rings is 1. The predicted octanol–water partition coefficient (Wildman–Crippen LogP) is 1.78. The molecule has 0 saturated carbocycles. The highest BCUT2D eigenvalue weighted by Crippen LogP contribution is 2.13. The molecule has 2 aromatic rings. The molecule has 0 radical (unpaired) electrons. The van der Waals surface area contributed by atoms with E-state index >= 15 is 0 Å². The van der Waals surface area contributed by atoms with Crippen LogP contribution in [0.25, 0.3) is 10.9 Å². The molecule has 78 valence electrons. The Bertz CT molecular complexity index is 463. The Morgan fingerprint density at radius 3 is 2.80 bits per heavy atom. The van der Waals surface area contributed by atoms with Gasteiger partial charge in [0, 0.05) is 23.9 Å². The molecule has 0 spiro atoms. The van der Waals surface area contributed by atoms with Crippen LogP contribution in [0, 0.1) is 6.92 Å². The minimum Gasteiger partial charge on any atom is -0.330 e. The normalized spacial score (nSPS) is 10.8. The molecular weight excluding hydrogens is 184 g/mol. The maximum atomic E-state index is 5.54. The molecule has 1 heterocycles. The molecule has 0 fully saturated rings. The number of nitrogens with zero attached hydrogens (tertiary/aromatic N) is 1. The molecular formula is C13H17N2+. The summed E-state index contributed by atoms with van der Waals surface area (Å²) >= 11 is 0. The first kappa shape index (κ1) is 10.1. The van der Waals surface area contributed by atoms with E-state index in [-0.39, 0.29) is 0 Å². The van der Waals surface area contributed by atoms with Gasteiger partial charge in [0.25, 0.3) is 0 Å². The summed E-state index contributed by atoms with van der Waals surface area (Å²) in [6, 6.07) is 10.7. The summed E-state index contributed by atoms with van der Waals surface area (Å²) in [4.78, 5) is 0.